The van der Waals surface area contributed by atoms with Gasteiger partial charge in [-0.3, -0.25) is 0 Å². The summed E-state index contributed by atoms with van der Waals surface area (Å²) in [6.07, 6.45) is 1.01. The Morgan fingerprint density at radius 2 is 1.47 bits per heavy atom. The van der Waals surface area contributed by atoms with Crippen LogP contribution in [0.15, 0.2) is 48.5 Å². The van der Waals surface area contributed by atoms with E-state index in [0.717, 1.165) is 12.0 Å². The van der Waals surface area contributed by atoms with Crippen molar-refractivity contribution in [1.82, 2.24) is 0 Å². The van der Waals surface area contributed by atoms with Gasteiger partial charge in [0, 0.05) is 11.3 Å². The van der Waals surface area contributed by atoms with Crippen LogP contribution in [0.25, 0.3) is 0 Å². The number of benzene rings is 2. The van der Waals surface area contributed by atoms with E-state index in [1.54, 1.807) is 0 Å². The Morgan fingerprint density at radius 3 is 2.21 bits per heavy atom. The number of hydrogen-bond donors (Lipinski definition) is 1. The van der Waals surface area contributed by atoms with Crippen molar-refractivity contribution in [2.24, 2.45) is 0 Å². The molecule has 4 rings (SSSR count). The summed E-state index contributed by atoms with van der Waals surface area (Å²) in [5.74, 6) is 0.212. The molecular formula is C18H18O. The van der Waals surface area contributed by atoms with E-state index in [1.807, 2.05) is 13.0 Å². The van der Waals surface area contributed by atoms with Crippen LogP contribution in [0.2, 0.25) is 0 Å². The van der Waals surface area contributed by atoms with Crippen LogP contribution in [0.1, 0.15) is 48.4 Å². The standard InChI is InChI=1S/C18H18O/c1-17-11-16(12-7-3-4-8-13(12)17)18(2,19)15-10-6-5-9-14(15)17/h3-10,16,19H,11H2,1-2H3/t16-,17-,18-/m0/s1. The summed E-state index contributed by atoms with van der Waals surface area (Å²) in [7, 11) is 0. The average Bonchev–Trinajstić information content (AvgIpc) is 2.72. The molecule has 2 bridgehead atoms. The number of fused-ring (bicyclic) bond motifs is 7. The third kappa shape index (κ3) is 1.19. The van der Waals surface area contributed by atoms with Crippen molar-refractivity contribution < 1.29 is 5.11 Å². The molecule has 3 atom stereocenters. The van der Waals surface area contributed by atoms with Crippen LogP contribution in [-0.4, -0.2) is 5.11 Å². The van der Waals surface area contributed by atoms with Crippen LogP contribution in [0.3, 0.4) is 0 Å². The summed E-state index contributed by atoms with van der Waals surface area (Å²) < 4.78 is 0. The van der Waals surface area contributed by atoms with Crippen molar-refractivity contribution in [3.05, 3.63) is 70.8 Å². The topological polar surface area (TPSA) is 20.2 Å². The molecule has 0 aromatic heterocycles. The van der Waals surface area contributed by atoms with E-state index in [0.29, 0.717) is 0 Å². The van der Waals surface area contributed by atoms with Crippen LogP contribution in [0, 0.1) is 0 Å². The molecule has 0 fully saturated rings. The lowest BCUT2D eigenvalue weighted by molar-refractivity contribution is 0.0137. The van der Waals surface area contributed by atoms with Crippen molar-refractivity contribution in [1.29, 1.82) is 0 Å². The summed E-state index contributed by atoms with van der Waals surface area (Å²) in [4.78, 5) is 0. The molecular weight excluding hydrogens is 232 g/mol. The average molecular weight is 250 g/mol. The molecule has 0 saturated carbocycles. The van der Waals surface area contributed by atoms with Gasteiger partial charge in [-0.2, -0.15) is 0 Å². The van der Waals surface area contributed by atoms with Crippen LogP contribution < -0.4 is 0 Å². The molecule has 0 amide bonds. The normalized spacial score (nSPS) is 34.8. The van der Waals surface area contributed by atoms with Gasteiger partial charge in [-0.15, -0.1) is 0 Å². The fraction of sp³-hybridized carbons (Fsp3) is 0.333. The highest BCUT2D eigenvalue weighted by Gasteiger charge is 2.54. The maximum Gasteiger partial charge on any atom is 0.0940 e. The van der Waals surface area contributed by atoms with Crippen LogP contribution in [0.5, 0.6) is 0 Å². The molecule has 2 aromatic rings. The lowest BCUT2D eigenvalue weighted by Gasteiger charge is -2.41. The van der Waals surface area contributed by atoms with Crippen molar-refractivity contribution in [2.45, 2.75) is 37.2 Å². The molecule has 2 aliphatic carbocycles. The van der Waals surface area contributed by atoms with Crippen molar-refractivity contribution >= 4 is 0 Å². The second kappa shape index (κ2) is 3.29. The fourth-order valence-electron chi connectivity index (χ4n) is 4.28. The summed E-state index contributed by atoms with van der Waals surface area (Å²) in [6, 6.07) is 17.0. The Morgan fingerprint density at radius 1 is 0.895 bits per heavy atom. The second-order valence-corrected chi connectivity index (χ2v) is 6.37. The molecule has 0 unspecified atom stereocenters. The van der Waals surface area contributed by atoms with Crippen LogP contribution in [0.4, 0.5) is 0 Å². The number of aliphatic hydroxyl groups is 1. The SMILES string of the molecule is C[C@]12C[C@@H](c3ccccc31)[C@@](C)(O)c1ccccc12. The molecule has 0 saturated heterocycles. The Bertz CT molecular complexity index is 671. The van der Waals surface area contributed by atoms with E-state index in [4.69, 9.17) is 0 Å². The maximum absolute atomic E-state index is 11.1. The van der Waals surface area contributed by atoms with Crippen molar-refractivity contribution in [2.75, 3.05) is 0 Å². The van der Waals surface area contributed by atoms with E-state index in [1.165, 1.54) is 16.7 Å². The summed E-state index contributed by atoms with van der Waals surface area (Å²) >= 11 is 0. The molecule has 19 heavy (non-hydrogen) atoms. The van der Waals surface area contributed by atoms with Gasteiger partial charge in [0.2, 0.25) is 0 Å². The van der Waals surface area contributed by atoms with Crippen molar-refractivity contribution in [3.63, 3.8) is 0 Å². The van der Waals surface area contributed by atoms with E-state index < -0.39 is 5.60 Å². The number of rotatable bonds is 0. The summed E-state index contributed by atoms with van der Waals surface area (Å²) in [5.41, 5.74) is 4.41. The third-order valence-electron chi connectivity index (χ3n) is 5.29. The molecule has 0 spiro atoms. The van der Waals surface area contributed by atoms with Gasteiger partial charge in [-0.05, 0) is 35.6 Å². The minimum Gasteiger partial charge on any atom is -0.385 e. The maximum atomic E-state index is 11.1. The zero-order chi connectivity index (χ0) is 13.3. The van der Waals surface area contributed by atoms with Crippen LogP contribution in [-0.2, 0) is 11.0 Å². The van der Waals surface area contributed by atoms with Gasteiger partial charge in [0.25, 0.3) is 0 Å². The molecule has 2 aliphatic rings. The highest BCUT2D eigenvalue weighted by Crippen LogP contribution is 2.61. The molecule has 1 nitrogen and oxygen atoms in total. The molecule has 96 valence electrons. The monoisotopic (exact) mass is 250 g/mol. The smallest absolute Gasteiger partial charge is 0.0940 e. The first-order chi connectivity index (χ1) is 9.05. The Balaban J connectivity index is 2.12. The van der Waals surface area contributed by atoms with Gasteiger partial charge in [0.05, 0.1) is 5.60 Å². The highest BCUT2D eigenvalue weighted by atomic mass is 16.3. The second-order valence-electron chi connectivity index (χ2n) is 6.37. The molecule has 1 N–H and O–H groups in total. The van der Waals surface area contributed by atoms with Gasteiger partial charge in [0.1, 0.15) is 0 Å². The van der Waals surface area contributed by atoms with Gasteiger partial charge < -0.3 is 5.11 Å². The fourth-order valence-corrected chi connectivity index (χ4v) is 4.28. The zero-order valence-electron chi connectivity index (χ0n) is 11.4. The predicted octanol–water partition coefficient (Wildman–Crippen LogP) is 3.70. The highest BCUT2D eigenvalue weighted by molar-refractivity contribution is 5.58. The van der Waals surface area contributed by atoms with Gasteiger partial charge >= 0.3 is 0 Å². The first-order valence-electron chi connectivity index (χ1n) is 6.97. The van der Waals surface area contributed by atoms with E-state index in [9.17, 15) is 5.11 Å². The Labute approximate surface area is 113 Å². The van der Waals surface area contributed by atoms with Crippen molar-refractivity contribution in [3.8, 4) is 0 Å². The van der Waals surface area contributed by atoms with Gasteiger partial charge in [-0.1, -0.05) is 55.5 Å². The molecule has 1 heteroatoms. The molecule has 0 aliphatic heterocycles. The minimum atomic E-state index is -0.761. The lowest BCUT2D eigenvalue weighted by Crippen LogP contribution is -2.38. The predicted molar refractivity (Wildman–Crippen MR) is 76.3 cm³/mol. The van der Waals surface area contributed by atoms with E-state index in [-0.39, 0.29) is 11.3 Å². The quantitative estimate of drug-likeness (QED) is 0.756. The Hall–Kier alpha value is -1.60. The molecule has 0 radical (unpaired) electrons. The Kier molecular flexibility index (Phi) is 1.95. The largest absolute Gasteiger partial charge is 0.385 e. The molecule has 0 heterocycles. The zero-order valence-corrected chi connectivity index (χ0v) is 11.4. The van der Waals surface area contributed by atoms with Gasteiger partial charge in [-0.25, -0.2) is 0 Å². The first kappa shape index (κ1) is 11.2. The first-order valence-corrected chi connectivity index (χ1v) is 6.97. The van der Waals surface area contributed by atoms with Gasteiger partial charge in [0.15, 0.2) is 0 Å². The summed E-state index contributed by atoms with van der Waals surface area (Å²) in [5, 5.41) is 11.1. The van der Waals surface area contributed by atoms with E-state index in [2.05, 4.69) is 49.4 Å². The third-order valence-corrected chi connectivity index (χ3v) is 5.29. The molecule has 2 aromatic carbocycles. The minimum absolute atomic E-state index is 0.0556. The summed E-state index contributed by atoms with van der Waals surface area (Å²) in [6.45, 7) is 4.29. The van der Waals surface area contributed by atoms with E-state index >= 15 is 0 Å². The number of hydrogen-bond acceptors (Lipinski definition) is 1. The lowest BCUT2D eigenvalue weighted by atomic mass is 9.65. The van der Waals surface area contributed by atoms with Crippen LogP contribution >= 0.6 is 0 Å².